The van der Waals surface area contributed by atoms with Gasteiger partial charge in [-0.25, -0.2) is 17.2 Å². The quantitative estimate of drug-likeness (QED) is 0.507. The SMILES string of the molecule is CS(=O)(=O)c1ccc(/C(=C\[C@H]2C[C@@H](F)[C@@H](F)C2)C(=O)Nc2ccn(C[C@@H](O)CO)n2)cc1. The maximum absolute atomic E-state index is 13.7. The van der Waals surface area contributed by atoms with Crippen LogP contribution in [0.25, 0.3) is 5.57 Å². The van der Waals surface area contributed by atoms with Gasteiger partial charge in [0.2, 0.25) is 0 Å². The van der Waals surface area contributed by atoms with Crippen LogP contribution in [0.1, 0.15) is 18.4 Å². The zero-order valence-electron chi connectivity index (χ0n) is 17.4. The Labute approximate surface area is 184 Å². The molecule has 0 unspecified atom stereocenters. The summed E-state index contributed by atoms with van der Waals surface area (Å²) in [6, 6.07) is 7.15. The Morgan fingerprint density at radius 2 is 1.88 bits per heavy atom. The van der Waals surface area contributed by atoms with Crippen molar-refractivity contribution >= 4 is 27.1 Å². The van der Waals surface area contributed by atoms with Crippen molar-refractivity contribution < 1.29 is 32.2 Å². The molecule has 0 spiro atoms. The number of aromatic nitrogens is 2. The number of anilines is 1. The molecule has 174 valence electrons. The second kappa shape index (κ2) is 9.88. The van der Waals surface area contributed by atoms with Crippen molar-refractivity contribution in [1.29, 1.82) is 0 Å². The number of rotatable bonds is 8. The zero-order chi connectivity index (χ0) is 23.5. The average molecular weight is 470 g/mol. The van der Waals surface area contributed by atoms with Crippen LogP contribution in [-0.4, -0.2) is 65.6 Å². The van der Waals surface area contributed by atoms with Gasteiger partial charge in [0.15, 0.2) is 15.7 Å². The molecule has 8 nitrogen and oxygen atoms in total. The molecule has 32 heavy (non-hydrogen) atoms. The van der Waals surface area contributed by atoms with Crippen LogP contribution in [0.15, 0.2) is 47.5 Å². The summed E-state index contributed by atoms with van der Waals surface area (Å²) in [7, 11) is -3.43. The van der Waals surface area contributed by atoms with Crippen molar-refractivity contribution in [1.82, 2.24) is 9.78 Å². The maximum atomic E-state index is 13.7. The van der Waals surface area contributed by atoms with E-state index in [-0.39, 0.29) is 35.7 Å². The molecule has 4 atom stereocenters. The number of aliphatic hydroxyl groups excluding tert-OH is 2. The molecule has 2 aromatic rings. The highest BCUT2D eigenvalue weighted by molar-refractivity contribution is 7.90. The van der Waals surface area contributed by atoms with Gasteiger partial charge in [-0.05, 0) is 36.5 Å². The van der Waals surface area contributed by atoms with Gasteiger partial charge in [0.25, 0.3) is 5.91 Å². The summed E-state index contributed by atoms with van der Waals surface area (Å²) in [5.41, 5.74) is 0.532. The van der Waals surface area contributed by atoms with Crippen molar-refractivity contribution in [3.8, 4) is 0 Å². The highest BCUT2D eigenvalue weighted by Gasteiger charge is 2.34. The Morgan fingerprint density at radius 3 is 2.44 bits per heavy atom. The van der Waals surface area contributed by atoms with Crippen molar-refractivity contribution in [2.45, 2.75) is 42.7 Å². The largest absolute Gasteiger partial charge is 0.394 e. The number of benzene rings is 1. The minimum atomic E-state index is -3.43. The minimum absolute atomic E-state index is 0.0277. The molecule has 11 heteroatoms. The Bertz CT molecular complexity index is 1080. The molecule has 1 heterocycles. The van der Waals surface area contributed by atoms with E-state index < -0.39 is 46.7 Å². The first-order valence-electron chi connectivity index (χ1n) is 10.0. The second-order valence-electron chi connectivity index (χ2n) is 7.85. The van der Waals surface area contributed by atoms with Crippen molar-refractivity contribution in [3.63, 3.8) is 0 Å². The molecule has 3 rings (SSSR count). The Morgan fingerprint density at radius 1 is 1.25 bits per heavy atom. The van der Waals surface area contributed by atoms with E-state index in [1.54, 1.807) is 0 Å². The predicted molar refractivity (Wildman–Crippen MR) is 114 cm³/mol. The Kier molecular flexibility index (Phi) is 7.42. The number of sulfone groups is 1. The van der Waals surface area contributed by atoms with Gasteiger partial charge in [0.1, 0.15) is 12.3 Å². The van der Waals surface area contributed by atoms with Gasteiger partial charge in [0.05, 0.1) is 24.2 Å². The topological polar surface area (TPSA) is 122 Å². The molecule has 1 fully saturated rings. The summed E-state index contributed by atoms with van der Waals surface area (Å²) in [6.45, 7) is -0.412. The van der Waals surface area contributed by atoms with Crippen LogP contribution in [0.5, 0.6) is 0 Å². The lowest BCUT2D eigenvalue weighted by Crippen LogP contribution is -2.20. The van der Waals surface area contributed by atoms with E-state index in [9.17, 15) is 27.1 Å². The standard InChI is InChI=1S/C21H25F2N3O5S/c1-32(30,31)16-4-2-14(3-5-16)17(8-13-9-18(22)19(23)10-13)21(29)24-20-6-7-26(25-20)11-15(28)12-27/h2-8,13,15,18-19,27-28H,9-12H2,1H3,(H,24,25,29)/b17-8+/t13-,15-,18+,19-/m1/s1. The molecule has 3 N–H and O–H groups in total. The zero-order valence-corrected chi connectivity index (χ0v) is 18.2. The van der Waals surface area contributed by atoms with Gasteiger partial charge in [-0.3, -0.25) is 9.48 Å². The smallest absolute Gasteiger partial charge is 0.257 e. The minimum Gasteiger partial charge on any atom is -0.394 e. The fourth-order valence-electron chi connectivity index (χ4n) is 3.51. The van der Waals surface area contributed by atoms with Gasteiger partial charge in [-0.2, -0.15) is 5.10 Å². The molecule has 0 radical (unpaired) electrons. The fraction of sp³-hybridized carbons (Fsp3) is 0.429. The summed E-state index contributed by atoms with van der Waals surface area (Å²) >= 11 is 0. The lowest BCUT2D eigenvalue weighted by atomic mass is 9.98. The van der Waals surface area contributed by atoms with Crippen molar-refractivity contribution in [2.24, 2.45) is 5.92 Å². The van der Waals surface area contributed by atoms with Crippen LogP contribution in [0.2, 0.25) is 0 Å². The third kappa shape index (κ3) is 5.99. The summed E-state index contributed by atoms with van der Waals surface area (Å²) in [5, 5.41) is 25.1. The predicted octanol–water partition coefficient (Wildman–Crippen LogP) is 1.75. The third-order valence-electron chi connectivity index (χ3n) is 5.18. The van der Waals surface area contributed by atoms with E-state index >= 15 is 0 Å². The summed E-state index contributed by atoms with van der Waals surface area (Å²) in [4.78, 5) is 13.1. The number of allylic oxidation sites excluding steroid dienone is 1. The molecular formula is C21H25F2N3O5S. The fourth-order valence-corrected chi connectivity index (χ4v) is 4.14. The molecule has 1 saturated carbocycles. The average Bonchev–Trinajstić information content (AvgIpc) is 3.30. The summed E-state index contributed by atoms with van der Waals surface area (Å²) in [5.74, 6) is -0.896. The number of carbonyl (C=O) groups is 1. The molecule has 0 bridgehead atoms. The highest BCUT2D eigenvalue weighted by Crippen LogP contribution is 2.34. The second-order valence-corrected chi connectivity index (χ2v) is 9.87. The van der Waals surface area contributed by atoms with E-state index in [1.165, 1.54) is 47.3 Å². The van der Waals surface area contributed by atoms with Gasteiger partial charge in [0, 0.05) is 24.1 Å². The number of halogens is 2. The van der Waals surface area contributed by atoms with Crippen LogP contribution in [0, 0.1) is 5.92 Å². The molecule has 0 aliphatic heterocycles. The van der Waals surface area contributed by atoms with E-state index in [4.69, 9.17) is 5.11 Å². The van der Waals surface area contributed by atoms with Crippen LogP contribution in [0.3, 0.4) is 0 Å². The third-order valence-corrected chi connectivity index (χ3v) is 6.31. The lowest BCUT2D eigenvalue weighted by Gasteiger charge is -2.12. The summed E-state index contributed by atoms with van der Waals surface area (Å²) in [6.07, 6.45) is -0.215. The van der Waals surface area contributed by atoms with E-state index in [0.29, 0.717) is 5.56 Å². The normalized spacial score (nSPS) is 22.7. The first kappa shape index (κ1) is 24.0. The Balaban J connectivity index is 1.86. The van der Waals surface area contributed by atoms with E-state index in [1.807, 2.05) is 0 Å². The maximum Gasteiger partial charge on any atom is 0.257 e. The van der Waals surface area contributed by atoms with Crippen LogP contribution in [0.4, 0.5) is 14.6 Å². The summed E-state index contributed by atoms with van der Waals surface area (Å²) < 4.78 is 52.1. The van der Waals surface area contributed by atoms with Crippen LogP contribution in [-0.2, 0) is 21.2 Å². The van der Waals surface area contributed by atoms with Gasteiger partial charge >= 0.3 is 0 Å². The van der Waals surface area contributed by atoms with Crippen molar-refractivity contribution in [2.75, 3.05) is 18.2 Å². The number of nitrogens with zero attached hydrogens (tertiary/aromatic N) is 2. The number of carbonyl (C=O) groups excluding carboxylic acids is 1. The number of nitrogens with one attached hydrogen (secondary N) is 1. The highest BCUT2D eigenvalue weighted by atomic mass is 32.2. The Hall–Kier alpha value is -2.63. The number of amides is 1. The monoisotopic (exact) mass is 469 g/mol. The molecule has 1 aromatic carbocycles. The number of hydrogen-bond donors (Lipinski definition) is 3. The number of alkyl halides is 2. The van der Waals surface area contributed by atoms with Crippen LogP contribution >= 0.6 is 0 Å². The first-order valence-corrected chi connectivity index (χ1v) is 11.9. The van der Waals surface area contributed by atoms with E-state index in [2.05, 4.69) is 10.4 Å². The lowest BCUT2D eigenvalue weighted by molar-refractivity contribution is -0.111. The molecule has 1 aromatic heterocycles. The number of hydrogen-bond acceptors (Lipinski definition) is 6. The molecule has 1 aliphatic carbocycles. The van der Waals surface area contributed by atoms with Gasteiger partial charge in [-0.15, -0.1) is 0 Å². The molecule has 0 saturated heterocycles. The van der Waals surface area contributed by atoms with Gasteiger partial charge in [-0.1, -0.05) is 18.2 Å². The van der Waals surface area contributed by atoms with Crippen molar-refractivity contribution in [3.05, 3.63) is 48.2 Å². The molecule has 1 amide bonds. The molecule has 1 aliphatic rings. The first-order chi connectivity index (χ1) is 15.1. The number of aliphatic hydroxyl groups is 2. The van der Waals surface area contributed by atoms with Gasteiger partial charge < -0.3 is 15.5 Å². The molecular weight excluding hydrogens is 444 g/mol. The van der Waals surface area contributed by atoms with Crippen LogP contribution < -0.4 is 5.32 Å². The van der Waals surface area contributed by atoms with E-state index in [0.717, 1.165) is 6.26 Å².